The summed E-state index contributed by atoms with van der Waals surface area (Å²) in [5.41, 5.74) is 2.54. The predicted molar refractivity (Wildman–Crippen MR) is 76.8 cm³/mol. The van der Waals surface area contributed by atoms with E-state index in [1.807, 2.05) is 25.1 Å². The summed E-state index contributed by atoms with van der Waals surface area (Å²) in [5.74, 6) is 0.859. The highest BCUT2D eigenvalue weighted by Crippen LogP contribution is 2.24. The van der Waals surface area contributed by atoms with Crippen LogP contribution >= 0.6 is 27.5 Å². The third kappa shape index (κ3) is 3.24. The van der Waals surface area contributed by atoms with Crippen molar-refractivity contribution >= 4 is 38.3 Å². The van der Waals surface area contributed by atoms with Crippen molar-refractivity contribution in [3.8, 4) is 5.75 Å². The largest absolute Gasteiger partial charge is 0.489 e. The summed E-state index contributed by atoms with van der Waals surface area (Å²) in [5, 5.41) is 2.36. The van der Waals surface area contributed by atoms with Gasteiger partial charge in [0.2, 0.25) is 0 Å². The van der Waals surface area contributed by atoms with Gasteiger partial charge in [-0.2, -0.15) is 0 Å². The molecule has 0 spiro atoms. The van der Waals surface area contributed by atoms with E-state index in [0.717, 1.165) is 15.8 Å². The smallest absolute Gasteiger partial charge is 0.120 e. The van der Waals surface area contributed by atoms with Crippen molar-refractivity contribution in [2.45, 2.75) is 6.92 Å². The fourth-order valence-electron chi connectivity index (χ4n) is 1.51. The number of benzene rings is 2. The van der Waals surface area contributed by atoms with Gasteiger partial charge in [-0.3, -0.25) is 0 Å². The minimum Gasteiger partial charge on any atom is -0.489 e. The second-order valence-electron chi connectivity index (χ2n) is 3.90. The molecule has 0 aromatic heterocycles. The first-order valence-corrected chi connectivity index (χ1v) is 6.50. The van der Waals surface area contributed by atoms with E-state index in [1.54, 1.807) is 0 Å². The minimum absolute atomic E-state index is 0.519. The van der Waals surface area contributed by atoms with Gasteiger partial charge in [0.05, 0.1) is 0 Å². The Morgan fingerprint density at radius 2 is 1.94 bits per heavy atom. The van der Waals surface area contributed by atoms with Crippen molar-refractivity contribution < 1.29 is 4.74 Å². The van der Waals surface area contributed by atoms with E-state index >= 15 is 0 Å². The Balaban J connectivity index is 2.23. The highest BCUT2D eigenvalue weighted by atomic mass is 79.9. The van der Waals surface area contributed by atoms with Gasteiger partial charge in [-0.15, -0.1) is 0 Å². The summed E-state index contributed by atoms with van der Waals surface area (Å²) in [7, 11) is 0. The van der Waals surface area contributed by atoms with E-state index in [-0.39, 0.29) is 0 Å². The van der Waals surface area contributed by atoms with E-state index in [4.69, 9.17) is 16.3 Å². The molecule has 17 heavy (non-hydrogen) atoms. The van der Waals surface area contributed by atoms with Gasteiger partial charge in [0.25, 0.3) is 0 Å². The molecule has 0 bridgehead atoms. The van der Waals surface area contributed by atoms with Crippen LogP contribution in [0.25, 0.3) is 10.8 Å². The Hall–Kier alpha value is -0.990. The molecule has 2 aromatic rings. The zero-order valence-corrected chi connectivity index (χ0v) is 11.8. The van der Waals surface area contributed by atoms with E-state index in [2.05, 4.69) is 34.1 Å². The number of hydrogen-bond donors (Lipinski definition) is 0. The van der Waals surface area contributed by atoms with Crippen LogP contribution in [0, 0.1) is 0 Å². The van der Waals surface area contributed by atoms with Gasteiger partial charge < -0.3 is 4.74 Å². The van der Waals surface area contributed by atoms with Crippen LogP contribution in [0.2, 0.25) is 0 Å². The van der Waals surface area contributed by atoms with Crippen LogP contribution in [-0.4, -0.2) is 6.61 Å². The molecule has 3 heteroatoms. The van der Waals surface area contributed by atoms with Gasteiger partial charge >= 0.3 is 0 Å². The third-order valence-corrected chi connectivity index (χ3v) is 3.29. The lowest BCUT2D eigenvalue weighted by atomic mass is 10.1. The highest BCUT2D eigenvalue weighted by molar-refractivity contribution is 9.10. The lowest BCUT2D eigenvalue weighted by molar-refractivity contribution is 0.353. The van der Waals surface area contributed by atoms with Gasteiger partial charge in [-0.05, 0) is 47.5 Å². The standard InChI is InChI=1S/C14H12BrClO/c1-10(8-16)9-17-14-5-3-11-6-13(15)4-2-12(11)7-14/h2-8H,9H2,1H3/b10-8-. The van der Waals surface area contributed by atoms with Crippen LogP contribution in [0.3, 0.4) is 0 Å². The first kappa shape index (κ1) is 12.5. The SMILES string of the molecule is C/C(=C/Cl)COc1ccc2cc(Br)ccc2c1. The van der Waals surface area contributed by atoms with E-state index in [0.29, 0.717) is 6.61 Å². The summed E-state index contributed by atoms with van der Waals surface area (Å²) in [4.78, 5) is 0. The summed E-state index contributed by atoms with van der Waals surface area (Å²) in [6.45, 7) is 2.46. The maximum atomic E-state index is 5.63. The van der Waals surface area contributed by atoms with Gasteiger partial charge in [0, 0.05) is 10.0 Å². The van der Waals surface area contributed by atoms with Crippen molar-refractivity contribution in [2.24, 2.45) is 0 Å². The molecular formula is C14H12BrClO. The Kier molecular flexibility index (Phi) is 4.08. The average Bonchev–Trinajstić information content (AvgIpc) is 2.35. The van der Waals surface area contributed by atoms with Crippen molar-refractivity contribution in [1.82, 2.24) is 0 Å². The first-order valence-electron chi connectivity index (χ1n) is 5.27. The van der Waals surface area contributed by atoms with Gasteiger partial charge in [0.15, 0.2) is 0 Å². The molecule has 0 saturated heterocycles. The summed E-state index contributed by atoms with van der Waals surface area (Å²) >= 11 is 9.04. The zero-order chi connectivity index (χ0) is 12.3. The normalized spacial score (nSPS) is 11.8. The molecule has 0 saturated carbocycles. The predicted octanol–water partition coefficient (Wildman–Crippen LogP) is 5.12. The maximum Gasteiger partial charge on any atom is 0.120 e. The Morgan fingerprint density at radius 3 is 2.71 bits per heavy atom. The molecule has 0 radical (unpaired) electrons. The number of ether oxygens (including phenoxy) is 1. The van der Waals surface area contributed by atoms with Crippen molar-refractivity contribution in [3.63, 3.8) is 0 Å². The van der Waals surface area contributed by atoms with Crippen LogP contribution in [0.15, 0.2) is 52.0 Å². The second kappa shape index (κ2) is 5.56. The summed E-state index contributed by atoms with van der Waals surface area (Å²) in [6.07, 6.45) is 0. The molecule has 1 nitrogen and oxygen atoms in total. The molecule has 0 amide bonds. The lowest BCUT2D eigenvalue weighted by Gasteiger charge is -2.07. The van der Waals surface area contributed by atoms with Crippen LogP contribution in [0.4, 0.5) is 0 Å². The number of halogens is 2. The van der Waals surface area contributed by atoms with Gasteiger partial charge in [-0.25, -0.2) is 0 Å². The Morgan fingerprint density at radius 1 is 1.24 bits per heavy atom. The second-order valence-corrected chi connectivity index (χ2v) is 5.03. The van der Waals surface area contributed by atoms with E-state index in [1.165, 1.54) is 16.3 Å². The van der Waals surface area contributed by atoms with Crippen LogP contribution < -0.4 is 4.74 Å². The summed E-state index contributed by atoms with van der Waals surface area (Å²) < 4.78 is 6.72. The van der Waals surface area contributed by atoms with Crippen LogP contribution in [0.5, 0.6) is 5.75 Å². The fraction of sp³-hybridized carbons (Fsp3) is 0.143. The first-order chi connectivity index (χ1) is 8.19. The Bertz CT molecular complexity index is 563. The molecule has 0 fully saturated rings. The van der Waals surface area contributed by atoms with E-state index in [9.17, 15) is 0 Å². The molecule has 0 aliphatic heterocycles. The maximum absolute atomic E-state index is 5.63. The van der Waals surface area contributed by atoms with Crippen molar-refractivity contribution in [1.29, 1.82) is 0 Å². The highest BCUT2D eigenvalue weighted by Gasteiger charge is 1.99. The monoisotopic (exact) mass is 310 g/mol. The lowest BCUT2D eigenvalue weighted by Crippen LogP contribution is -1.97. The van der Waals surface area contributed by atoms with Crippen molar-refractivity contribution in [2.75, 3.05) is 6.61 Å². The fourth-order valence-corrected chi connectivity index (χ4v) is 1.95. The molecule has 88 valence electrons. The molecule has 2 rings (SSSR count). The number of fused-ring (bicyclic) bond motifs is 1. The molecule has 0 unspecified atom stereocenters. The topological polar surface area (TPSA) is 9.23 Å². The van der Waals surface area contributed by atoms with Crippen LogP contribution in [-0.2, 0) is 0 Å². The summed E-state index contributed by atoms with van der Waals surface area (Å²) in [6, 6.07) is 12.2. The Labute approximate surface area is 114 Å². The third-order valence-electron chi connectivity index (χ3n) is 2.43. The molecule has 0 atom stereocenters. The molecular weight excluding hydrogens is 300 g/mol. The van der Waals surface area contributed by atoms with Gasteiger partial charge in [0.1, 0.15) is 12.4 Å². The average molecular weight is 312 g/mol. The molecule has 0 aliphatic carbocycles. The molecule has 0 aliphatic rings. The quantitative estimate of drug-likeness (QED) is 0.764. The number of rotatable bonds is 3. The van der Waals surface area contributed by atoms with Crippen LogP contribution in [0.1, 0.15) is 6.92 Å². The number of hydrogen-bond acceptors (Lipinski definition) is 1. The van der Waals surface area contributed by atoms with Crippen molar-refractivity contribution in [3.05, 3.63) is 52.0 Å². The van der Waals surface area contributed by atoms with Gasteiger partial charge in [-0.1, -0.05) is 39.7 Å². The molecule has 2 aromatic carbocycles. The molecule has 0 heterocycles. The minimum atomic E-state index is 0.519. The zero-order valence-electron chi connectivity index (χ0n) is 9.41. The van der Waals surface area contributed by atoms with E-state index < -0.39 is 0 Å². The molecule has 0 N–H and O–H groups in total.